The Morgan fingerprint density at radius 3 is 2.44 bits per heavy atom. The maximum atomic E-state index is 13.3. The molecule has 1 unspecified atom stereocenters. The summed E-state index contributed by atoms with van der Waals surface area (Å²) >= 11 is 1.70. The minimum atomic E-state index is -0.972. The highest BCUT2D eigenvalue weighted by atomic mass is 32.2. The number of pyridine rings is 1. The second-order valence-corrected chi connectivity index (χ2v) is 11.1. The number of fused-ring (bicyclic) bond motifs is 1. The zero-order valence-electron chi connectivity index (χ0n) is 22.3. The molecule has 0 spiro atoms. The van der Waals surface area contributed by atoms with Crippen LogP contribution in [0, 0.1) is 6.92 Å². The minimum absolute atomic E-state index is 0.202. The molecule has 1 fully saturated rings. The average molecular weight is 543 g/mol. The molecule has 1 atom stereocenters. The third kappa shape index (κ3) is 6.28. The van der Waals surface area contributed by atoms with Gasteiger partial charge in [0.05, 0.1) is 12.5 Å². The van der Waals surface area contributed by atoms with Crippen molar-refractivity contribution in [2.75, 3.05) is 11.6 Å². The molecule has 7 nitrogen and oxygen atoms in total. The van der Waals surface area contributed by atoms with Gasteiger partial charge in [-0.3, -0.25) is 14.0 Å². The molecule has 5 rings (SSSR count). The number of carboxylic acids is 1. The molecular weight excluding hydrogens is 508 g/mol. The largest absolute Gasteiger partial charge is 0.481 e. The van der Waals surface area contributed by atoms with Crippen LogP contribution in [-0.2, 0) is 4.79 Å². The lowest BCUT2D eigenvalue weighted by molar-refractivity contribution is -0.137. The molecule has 2 aromatic heterocycles. The molecule has 0 bridgehead atoms. The second kappa shape index (κ2) is 11.9. The SMILES string of the molecule is CSc1ccc(-c2nc3cc(C(=O)NC(CC(=O)O)c4ccc(C)cc4)ccn3c2NC2CCCCC2)cc1. The van der Waals surface area contributed by atoms with E-state index in [1.807, 2.05) is 41.8 Å². The lowest BCUT2D eigenvalue weighted by Gasteiger charge is -2.24. The Kier molecular flexibility index (Phi) is 8.21. The van der Waals surface area contributed by atoms with E-state index in [-0.39, 0.29) is 12.3 Å². The van der Waals surface area contributed by atoms with Gasteiger partial charge < -0.3 is 15.7 Å². The van der Waals surface area contributed by atoms with Crippen LogP contribution in [0.25, 0.3) is 16.9 Å². The van der Waals surface area contributed by atoms with Crippen molar-refractivity contribution in [1.82, 2.24) is 14.7 Å². The Morgan fingerprint density at radius 2 is 1.77 bits per heavy atom. The monoisotopic (exact) mass is 542 g/mol. The summed E-state index contributed by atoms with van der Waals surface area (Å²) in [6.45, 7) is 1.97. The number of hydrogen-bond donors (Lipinski definition) is 3. The van der Waals surface area contributed by atoms with Crippen LogP contribution in [0.4, 0.5) is 5.82 Å². The van der Waals surface area contributed by atoms with Gasteiger partial charge in [0.25, 0.3) is 5.91 Å². The number of nitrogens with one attached hydrogen (secondary N) is 2. The van der Waals surface area contributed by atoms with Gasteiger partial charge in [0.2, 0.25) is 0 Å². The molecule has 8 heteroatoms. The van der Waals surface area contributed by atoms with E-state index in [4.69, 9.17) is 4.98 Å². The number of carbonyl (C=O) groups excluding carboxylic acids is 1. The van der Waals surface area contributed by atoms with Crippen LogP contribution in [0.1, 0.15) is 66.1 Å². The van der Waals surface area contributed by atoms with Gasteiger partial charge in [0.1, 0.15) is 17.2 Å². The standard InChI is InChI=1S/C31H34N4O3S/c1-20-8-10-21(11-9-20)26(19-28(36)37)33-31(38)23-16-17-35-27(18-23)34-29(22-12-14-25(39-2)15-13-22)30(35)32-24-6-4-3-5-7-24/h8-18,24,26,32H,3-7,19H2,1-2H3,(H,33,38)(H,36,37). The van der Waals surface area contributed by atoms with Gasteiger partial charge in [0, 0.05) is 28.3 Å². The number of benzene rings is 2. The number of aryl methyl sites for hydroxylation is 1. The number of carbonyl (C=O) groups is 2. The number of nitrogens with zero attached hydrogens (tertiary/aromatic N) is 2. The van der Waals surface area contributed by atoms with Crippen LogP contribution < -0.4 is 10.6 Å². The fraction of sp³-hybridized carbons (Fsp3) is 0.323. The fourth-order valence-corrected chi connectivity index (χ4v) is 5.59. The highest BCUT2D eigenvalue weighted by Gasteiger charge is 2.22. The summed E-state index contributed by atoms with van der Waals surface area (Å²) in [5.74, 6) is -0.371. The fourth-order valence-electron chi connectivity index (χ4n) is 5.18. The van der Waals surface area contributed by atoms with E-state index >= 15 is 0 Å². The molecule has 202 valence electrons. The van der Waals surface area contributed by atoms with Crippen LogP contribution in [0.3, 0.4) is 0 Å². The lowest BCUT2D eigenvalue weighted by atomic mass is 9.95. The third-order valence-corrected chi connectivity index (χ3v) is 8.11. The van der Waals surface area contributed by atoms with Crippen molar-refractivity contribution in [3.8, 4) is 11.3 Å². The molecule has 3 N–H and O–H groups in total. The Labute approximate surface area is 233 Å². The normalized spacial score (nSPS) is 14.7. The summed E-state index contributed by atoms with van der Waals surface area (Å²) in [5, 5.41) is 16.1. The highest BCUT2D eigenvalue weighted by Crippen LogP contribution is 2.33. The van der Waals surface area contributed by atoms with Gasteiger partial charge in [-0.1, -0.05) is 61.2 Å². The number of hydrogen-bond acceptors (Lipinski definition) is 5. The molecule has 0 aliphatic heterocycles. The predicted molar refractivity (Wildman–Crippen MR) is 157 cm³/mol. The van der Waals surface area contributed by atoms with E-state index in [1.54, 1.807) is 23.9 Å². The molecule has 2 heterocycles. The van der Waals surface area contributed by atoms with Crippen LogP contribution >= 0.6 is 11.8 Å². The van der Waals surface area contributed by atoms with E-state index in [0.717, 1.165) is 41.0 Å². The highest BCUT2D eigenvalue weighted by molar-refractivity contribution is 7.98. The number of aromatic nitrogens is 2. The number of carboxylic acid groups (broad SMARTS) is 1. The first-order chi connectivity index (χ1) is 18.9. The topological polar surface area (TPSA) is 95.7 Å². The summed E-state index contributed by atoms with van der Waals surface area (Å²) in [5.41, 5.74) is 4.79. The van der Waals surface area contributed by atoms with Gasteiger partial charge in [-0.15, -0.1) is 11.8 Å². The van der Waals surface area contributed by atoms with Crippen LogP contribution in [0.15, 0.2) is 71.8 Å². The van der Waals surface area contributed by atoms with Crippen LogP contribution in [0.5, 0.6) is 0 Å². The number of thioether (sulfide) groups is 1. The molecule has 0 saturated heterocycles. The van der Waals surface area contributed by atoms with Crippen molar-refractivity contribution < 1.29 is 14.7 Å². The third-order valence-electron chi connectivity index (χ3n) is 7.36. The Hall–Kier alpha value is -3.78. The molecule has 39 heavy (non-hydrogen) atoms. The molecule has 1 aliphatic carbocycles. The van der Waals surface area contributed by atoms with Gasteiger partial charge in [-0.05, 0) is 55.9 Å². The van der Waals surface area contributed by atoms with Gasteiger partial charge >= 0.3 is 5.97 Å². The Balaban J connectivity index is 1.47. The first-order valence-electron chi connectivity index (χ1n) is 13.4. The number of rotatable bonds is 9. The van der Waals surface area contributed by atoms with E-state index in [2.05, 4.69) is 41.2 Å². The zero-order chi connectivity index (χ0) is 27.4. The quantitative estimate of drug-likeness (QED) is 0.203. The molecule has 4 aromatic rings. The molecule has 0 radical (unpaired) electrons. The zero-order valence-corrected chi connectivity index (χ0v) is 23.1. The van der Waals surface area contributed by atoms with E-state index in [0.29, 0.717) is 17.3 Å². The predicted octanol–water partition coefficient (Wildman–Crippen LogP) is 6.72. The van der Waals surface area contributed by atoms with Crippen LogP contribution in [-0.4, -0.2) is 38.7 Å². The second-order valence-electron chi connectivity index (χ2n) is 10.2. The Morgan fingerprint density at radius 1 is 1.05 bits per heavy atom. The van der Waals surface area contributed by atoms with Gasteiger partial charge in [0.15, 0.2) is 0 Å². The molecule has 2 aromatic carbocycles. The van der Waals surface area contributed by atoms with Gasteiger partial charge in [-0.2, -0.15) is 0 Å². The van der Waals surface area contributed by atoms with E-state index in [9.17, 15) is 14.7 Å². The summed E-state index contributed by atoms with van der Waals surface area (Å²) in [7, 11) is 0. The van der Waals surface area contributed by atoms with Crippen LogP contribution in [0.2, 0.25) is 0 Å². The number of anilines is 1. The summed E-state index contributed by atoms with van der Waals surface area (Å²) < 4.78 is 2.01. The van der Waals surface area contributed by atoms with Crippen molar-refractivity contribution in [2.24, 2.45) is 0 Å². The number of amides is 1. The first kappa shape index (κ1) is 26.8. The van der Waals surface area contributed by atoms with E-state index < -0.39 is 12.0 Å². The minimum Gasteiger partial charge on any atom is -0.481 e. The number of aliphatic carboxylic acids is 1. The maximum Gasteiger partial charge on any atom is 0.305 e. The molecule has 1 saturated carbocycles. The van der Waals surface area contributed by atoms with Crippen molar-refractivity contribution >= 4 is 35.1 Å². The molecular formula is C31H34N4O3S. The molecule has 1 aliphatic rings. The maximum absolute atomic E-state index is 13.3. The van der Waals surface area contributed by atoms with Crippen molar-refractivity contribution in [3.63, 3.8) is 0 Å². The van der Waals surface area contributed by atoms with E-state index in [1.165, 1.54) is 24.2 Å². The summed E-state index contributed by atoms with van der Waals surface area (Å²) in [6, 6.07) is 19.2. The van der Waals surface area contributed by atoms with Crippen molar-refractivity contribution in [1.29, 1.82) is 0 Å². The average Bonchev–Trinajstić information content (AvgIpc) is 3.30. The van der Waals surface area contributed by atoms with Crippen molar-refractivity contribution in [3.05, 3.63) is 83.6 Å². The smallest absolute Gasteiger partial charge is 0.305 e. The summed E-state index contributed by atoms with van der Waals surface area (Å²) in [6.07, 6.45) is 9.70. The number of imidazole rings is 1. The summed E-state index contributed by atoms with van der Waals surface area (Å²) in [4.78, 5) is 31.0. The first-order valence-corrected chi connectivity index (χ1v) is 14.7. The Bertz CT molecular complexity index is 1460. The van der Waals surface area contributed by atoms with Crippen molar-refractivity contribution in [2.45, 2.75) is 62.4 Å². The molecule has 1 amide bonds. The van der Waals surface area contributed by atoms with Gasteiger partial charge in [-0.25, -0.2) is 4.98 Å². The lowest BCUT2D eigenvalue weighted by Crippen LogP contribution is -2.30.